The van der Waals surface area contributed by atoms with Crippen LogP contribution < -0.4 is 5.32 Å². The molecule has 0 aliphatic heterocycles. The van der Waals surface area contributed by atoms with Crippen LogP contribution in [0.4, 0.5) is 11.4 Å². The molecule has 4 heteroatoms. The van der Waals surface area contributed by atoms with Gasteiger partial charge in [-0.15, -0.1) is 0 Å². The van der Waals surface area contributed by atoms with Gasteiger partial charge in [0.25, 0.3) is 0 Å². The van der Waals surface area contributed by atoms with E-state index in [9.17, 15) is 9.59 Å². The molecule has 2 rings (SSSR count). The van der Waals surface area contributed by atoms with Gasteiger partial charge in [0.2, 0.25) is 0 Å². The van der Waals surface area contributed by atoms with Crippen LogP contribution in [0.25, 0.3) is 0 Å². The molecule has 1 N–H and O–H groups in total. The van der Waals surface area contributed by atoms with Crippen LogP contribution >= 0.6 is 0 Å². The van der Waals surface area contributed by atoms with Crippen LogP contribution in [0.2, 0.25) is 0 Å². The molecule has 0 fully saturated rings. The van der Waals surface area contributed by atoms with Gasteiger partial charge < -0.3 is 10.1 Å². The zero-order valence-corrected chi connectivity index (χ0v) is 12.5. The molecule has 0 aromatic heterocycles. The summed E-state index contributed by atoms with van der Waals surface area (Å²) in [5.41, 5.74) is 2.58. The predicted octanol–water partition coefficient (Wildman–Crippen LogP) is 3.96. The van der Waals surface area contributed by atoms with E-state index in [2.05, 4.69) is 10.1 Å². The van der Waals surface area contributed by atoms with Crippen LogP contribution in [0.15, 0.2) is 54.6 Å². The summed E-state index contributed by atoms with van der Waals surface area (Å²) in [5.74, 6) is -0.245. The zero-order chi connectivity index (χ0) is 15.8. The second-order valence-electron chi connectivity index (χ2n) is 4.92. The number of para-hydroxylation sites is 1. The van der Waals surface area contributed by atoms with E-state index in [0.717, 1.165) is 11.4 Å². The molecule has 2 aromatic carbocycles. The number of ketones is 1. The number of Topliss-reactive ketones (excluding diaryl/α,β-unsaturated/α-hetero) is 1. The number of hydrogen-bond acceptors (Lipinski definition) is 4. The first-order valence-corrected chi connectivity index (χ1v) is 7.21. The normalized spacial score (nSPS) is 10.0. The molecule has 0 saturated heterocycles. The van der Waals surface area contributed by atoms with E-state index < -0.39 is 0 Å². The van der Waals surface area contributed by atoms with Crippen molar-refractivity contribution in [2.75, 3.05) is 12.4 Å². The highest BCUT2D eigenvalue weighted by molar-refractivity contribution is 5.96. The Balaban J connectivity index is 1.88. The molecule has 0 aliphatic carbocycles. The fourth-order valence-corrected chi connectivity index (χ4v) is 2.07. The van der Waals surface area contributed by atoms with E-state index in [4.69, 9.17) is 0 Å². The van der Waals surface area contributed by atoms with Gasteiger partial charge in [0, 0.05) is 29.8 Å². The van der Waals surface area contributed by atoms with Crippen molar-refractivity contribution in [3.05, 3.63) is 60.2 Å². The maximum absolute atomic E-state index is 12.0. The standard InChI is InChI=1S/C18H19NO3/c1-22-18(21)9-5-8-17(20)14-10-12-16(13-11-14)19-15-6-3-2-4-7-15/h2-4,6-7,10-13,19H,5,8-9H2,1H3. The SMILES string of the molecule is COC(=O)CCCC(=O)c1ccc(Nc2ccccc2)cc1. The largest absolute Gasteiger partial charge is 0.469 e. The average molecular weight is 297 g/mol. The van der Waals surface area contributed by atoms with Crippen LogP contribution in [-0.2, 0) is 9.53 Å². The third kappa shape index (κ3) is 4.74. The summed E-state index contributed by atoms with van der Waals surface area (Å²) < 4.78 is 4.55. The third-order valence-corrected chi connectivity index (χ3v) is 3.28. The van der Waals surface area contributed by atoms with Crippen molar-refractivity contribution < 1.29 is 14.3 Å². The van der Waals surface area contributed by atoms with Crippen LogP contribution in [-0.4, -0.2) is 18.9 Å². The molecule has 0 unspecified atom stereocenters. The molecule has 4 nitrogen and oxygen atoms in total. The number of ether oxygens (including phenoxy) is 1. The number of methoxy groups -OCH3 is 1. The molecule has 0 saturated carbocycles. The van der Waals surface area contributed by atoms with E-state index in [1.807, 2.05) is 42.5 Å². The second-order valence-corrected chi connectivity index (χ2v) is 4.92. The van der Waals surface area contributed by atoms with Gasteiger partial charge in [-0.05, 0) is 42.8 Å². The summed E-state index contributed by atoms with van der Waals surface area (Å²) in [7, 11) is 1.35. The molecular formula is C18H19NO3. The Bertz CT molecular complexity index is 621. The topological polar surface area (TPSA) is 55.4 Å². The quantitative estimate of drug-likeness (QED) is 0.621. The molecule has 0 heterocycles. The lowest BCUT2D eigenvalue weighted by Gasteiger charge is -2.07. The lowest BCUT2D eigenvalue weighted by atomic mass is 10.1. The average Bonchev–Trinajstić information content (AvgIpc) is 2.56. The van der Waals surface area contributed by atoms with Crippen molar-refractivity contribution in [2.24, 2.45) is 0 Å². The molecular weight excluding hydrogens is 278 g/mol. The van der Waals surface area contributed by atoms with E-state index in [-0.39, 0.29) is 18.2 Å². The molecule has 22 heavy (non-hydrogen) atoms. The smallest absolute Gasteiger partial charge is 0.305 e. The second kappa shape index (κ2) is 7.98. The molecule has 0 bridgehead atoms. The van der Waals surface area contributed by atoms with Crippen LogP contribution in [0.3, 0.4) is 0 Å². The van der Waals surface area contributed by atoms with E-state index in [1.165, 1.54) is 7.11 Å². The minimum atomic E-state index is -0.282. The van der Waals surface area contributed by atoms with E-state index in [0.29, 0.717) is 18.4 Å². The van der Waals surface area contributed by atoms with Crippen molar-refractivity contribution in [1.82, 2.24) is 0 Å². The van der Waals surface area contributed by atoms with Crippen LogP contribution in [0.5, 0.6) is 0 Å². The highest BCUT2D eigenvalue weighted by Gasteiger charge is 2.08. The van der Waals surface area contributed by atoms with Gasteiger partial charge in [0.05, 0.1) is 7.11 Å². The first kappa shape index (κ1) is 15.8. The molecule has 0 aliphatic rings. The number of anilines is 2. The molecule has 114 valence electrons. The summed E-state index contributed by atoms with van der Waals surface area (Å²) in [6.07, 6.45) is 1.13. The Hall–Kier alpha value is -2.62. The first-order valence-electron chi connectivity index (χ1n) is 7.21. The monoisotopic (exact) mass is 297 g/mol. The third-order valence-electron chi connectivity index (χ3n) is 3.28. The fraction of sp³-hybridized carbons (Fsp3) is 0.222. The summed E-state index contributed by atoms with van der Waals surface area (Å²) >= 11 is 0. The molecule has 0 atom stereocenters. The highest BCUT2D eigenvalue weighted by atomic mass is 16.5. The van der Waals surface area contributed by atoms with Crippen molar-refractivity contribution >= 4 is 23.1 Å². The van der Waals surface area contributed by atoms with Gasteiger partial charge in [-0.3, -0.25) is 9.59 Å². The maximum atomic E-state index is 12.0. The van der Waals surface area contributed by atoms with Crippen LogP contribution in [0.1, 0.15) is 29.6 Å². The lowest BCUT2D eigenvalue weighted by Crippen LogP contribution is -2.03. The van der Waals surface area contributed by atoms with Crippen LogP contribution in [0, 0.1) is 0 Å². The van der Waals surface area contributed by atoms with Crippen molar-refractivity contribution in [3.63, 3.8) is 0 Å². The van der Waals surface area contributed by atoms with Crippen molar-refractivity contribution in [3.8, 4) is 0 Å². The van der Waals surface area contributed by atoms with E-state index in [1.54, 1.807) is 12.1 Å². The van der Waals surface area contributed by atoms with Gasteiger partial charge in [0.1, 0.15) is 0 Å². The number of esters is 1. The van der Waals surface area contributed by atoms with Crippen molar-refractivity contribution in [2.45, 2.75) is 19.3 Å². The number of rotatable bonds is 7. The van der Waals surface area contributed by atoms with Gasteiger partial charge in [-0.25, -0.2) is 0 Å². The fourth-order valence-electron chi connectivity index (χ4n) is 2.07. The van der Waals surface area contributed by atoms with Gasteiger partial charge in [-0.1, -0.05) is 18.2 Å². The Morgan fingerprint density at radius 2 is 1.55 bits per heavy atom. The number of nitrogens with one attached hydrogen (secondary N) is 1. The molecule has 2 aromatic rings. The maximum Gasteiger partial charge on any atom is 0.305 e. The summed E-state index contributed by atoms with van der Waals surface area (Å²) in [5, 5.41) is 3.26. The summed E-state index contributed by atoms with van der Waals surface area (Å²) in [6.45, 7) is 0. The Labute approximate surface area is 130 Å². The van der Waals surface area contributed by atoms with Crippen molar-refractivity contribution in [1.29, 1.82) is 0 Å². The Kier molecular flexibility index (Phi) is 5.72. The number of carbonyl (C=O) groups excluding carboxylic acids is 2. The number of benzene rings is 2. The number of carbonyl (C=O) groups is 2. The van der Waals surface area contributed by atoms with Gasteiger partial charge >= 0.3 is 5.97 Å². The Morgan fingerprint density at radius 3 is 2.18 bits per heavy atom. The van der Waals surface area contributed by atoms with Gasteiger partial charge in [0.15, 0.2) is 5.78 Å². The highest BCUT2D eigenvalue weighted by Crippen LogP contribution is 2.17. The summed E-state index contributed by atoms with van der Waals surface area (Å²) in [4.78, 5) is 23.0. The molecule has 0 radical (unpaired) electrons. The minimum Gasteiger partial charge on any atom is -0.469 e. The van der Waals surface area contributed by atoms with Gasteiger partial charge in [-0.2, -0.15) is 0 Å². The summed E-state index contributed by atoms with van der Waals surface area (Å²) in [6, 6.07) is 17.2. The lowest BCUT2D eigenvalue weighted by molar-refractivity contribution is -0.140. The Morgan fingerprint density at radius 1 is 0.909 bits per heavy atom. The molecule has 0 amide bonds. The zero-order valence-electron chi connectivity index (χ0n) is 12.5. The molecule has 0 spiro atoms. The minimum absolute atomic E-state index is 0.0372. The number of hydrogen-bond donors (Lipinski definition) is 1. The first-order chi connectivity index (χ1) is 10.7. The predicted molar refractivity (Wildman–Crippen MR) is 86.4 cm³/mol. The van der Waals surface area contributed by atoms with E-state index >= 15 is 0 Å².